The predicted molar refractivity (Wildman–Crippen MR) is 141 cm³/mol. The number of nitrogens with one attached hydrogen (secondary N) is 2. The predicted octanol–water partition coefficient (Wildman–Crippen LogP) is 4.53. The highest BCUT2D eigenvalue weighted by molar-refractivity contribution is 5.93. The largest absolute Gasteiger partial charge is 0.456 e. The molecule has 0 fully saturated rings. The Kier molecular flexibility index (Phi) is 11.5. The summed E-state index contributed by atoms with van der Waals surface area (Å²) in [5, 5.41) is 15.7. The number of unbranched alkanes of at least 4 members (excludes halogenated alkanes) is 2. The van der Waals surface area contributed by atoms with Crippen LogP contribution in [0.4, 0.5) is 0 Å². The highest BCUT2D eigenvalue weighted by atomic mass is 16.6. The first-order chi connectivity index (χ1) is 18.0. The minimum absolute atomic E-state index is 0.0545. The van der Waals surface area contributed by atoms with Crippen molar-refractivity contribution in [3.8, 4) is 11.3 Å². The molecule has 208 valence electrons. The third-order valence-electron chi connectivity index (χ3n) is 5.93. The molecule has 0 saturated heterocycles. The second-order valence-electron chi connectivity index (χ2n) is 10.0. The summed E-state index contributed by atoms with van der Waals surface area (Å²) in [6, 6.07) is 9.15. The Morgan fingerprint density at radius 2 is 1.74 bits per heavy atom. The van der Waals surface area contributed by atoms with Gasteiger partial charge in [-0.15, -0.1) is 0 Å². The van der Waals surface area contributed by atoms with E-state index in [1.54, 1.807) is 58.0 Å². The summed E-state index contributed by atoms with van der Waals surface area (Å²) in [7, 11) is 0. The summed E-state index contributed by atoms with van der Waals surface area (Å²) in [6.45, 7) is 9.08. The van der Waals surface area contributed by atoms with Crippen LogP contribution in [-0.4, -0.2) is 52.8 Å². The molecule has 1 heterocycles. The van der Waals surface area contributed by atoms with Crippen molar-refractivity contribution in [2.45, 2.75) is 78.4 Å². The number of amides is 3. The third-order valence-corrected chi connectivity index (χ3v) is 5.93. The topological polar surface area (TPSA) is 138 Å². The van der Waals surface area contributed by atoms with Crippen molar-refractivity contribution in [1.82, 2.24) is 15.7 Å². The quantitative estimate of drug-likeness (QED) is 0.0816. The Morgan fingerprint density at radius 3 is 2.32 bits per heavy atom. The molecule has 3 amide bonds. The number of carbonyl (C=O) groups is 4. The number of ether oxygens (including phenoxy) is 1. The monoisotopic (exact) mass is 529 g/mol. The maximum absolute atomic E-state index is 12.8. The van der Waals surface area contributed by atoms with Crippen molar-refractivity contribution in [2.24, 2.45) is 5.92 Å². The van der Waals surface area contributed by atoms with E-state index >= 15 is 0 Å². The van der Waals surface area contributed by atoms with Crippen LogP contribution in [0.25, 0.3) is 11.3 Å². The molecule has 10 heteroatoms. The van der Waals surface area contributed by atoms with Gasteiger partial charge in [-0.1, -0.05) is 45.2 Å². The van der Waals surface area contributed by atoms with Gasteiger partial charge >= 0.3 is 5.97 Å². The summed E-state index contributed by atoms with van der Waals surface area (Å²) < 4.78 is 11.0. The normalized spacial score (nSPS) is 12.8. The summed E-state index contributed by atoms with van der Waals surface area (Å²) in [5.41, 5.74) is 0.481. The molecule has 0 aliphatic heterocycles. The fraction of sp³-hybridized carbons (Fsp3) is 0.500. The zero-order chi connectivity index (χ0) is 28.3. The van der Waals surface area contributed by atoms with Crippen LogP contribution in [0.2, 0.25) is 0 Å². The number of esters is 1. The zero-order valence-corrected chi connectivity index (χ0v) is 22.8. The number of nitrogens with zero attached hydrogens (tertiary/aromatic N) is 1. The van der Waals surface area contributed by atoms with Crippen LogP contribution in [0.5, 0.6) is 0 Å². The van der Waals surface area contributed by atoms with Gasteiger partial charge in [0.05, 0.1) is 24.2 Å². The van der Waals surface area contributed by atoms with Gasteiger partial charge in [0.1, 0.15) is 11.4 Å². The molecule has 2 aromatic rings. The molecule has 0 radical (unpaired) electrons. The van der Waals surface area contributed by atoms with Crippen molar-refractivity contribution in [3.05, 3.63) is 47.7 Å². The van der Waals surface area contributed by atoms with E-state index < -0.39 is 29.4 Å². The zero-order valence-electron chi connectivity index (χ0n) is 22.8. The van der Waals surface area contributed by atoms with E-state index in [1.807, 2.05) is 6.92 Å². The Hall–Kier alpha value is -3.66. The lowest BCUT2D eigenvalue weighted by Gasteiger charge is -2.29. The minimum atomic E-state index is -0.658. The molecule has 1 aromatic heterocycles. The minimum Gasteiger partial charge on any atom is -0.456 e. The van der Waals surface area contributed by atoms with Crippen LogP contribution in [-0.2, 0) is 14.3 Å². The van der Waals surface area contributed by atoms with Gasteiger partial charge in [-0.2, -0.15) is 0 Å². The molecular formula is C28H39N3O7. The number of hydroxylamine groups is 2. The van der Waals surface area contributed by atoms with Crippen molar-refractivity contribution >= 4 is 24.2 Å². The first-order valence-corrected chi connectivity index (χ1v) is 12.9. The van der Waals surface area contributed by atoms with Gasteiger partial charge in [0.2, 0.25) is 12.3 Å². The highest BCUT2D eigenvalue weighted by Gasteiger charge is 2.30. The van der Waals surface area contributed by atoms with E-state index in [-0.39, 0.29) is 18.3 Å². The summed E-state index contributed by atoms with van der Waals surface area (Å²) in [6.07, 6.45) is 3.88. The lowest BCUT2D eigenvalue weighted by molar-refractivity contribution is -0.168. The van der Waals surface area contributed by atoms with Gasteiger partial charge in [0, 0.05) is 5.56 Å². The Bertz CT molecular complexity index is 1070. The molecule has 38 heavy (non-hydrogen) atoms. The molecular weight excluding hydrogens is 490 g/mol. The third kappa shape index (κ3) is 9.02. The summed E-state index contributed by atoms with van der Waals surface area (Å²) in [4.78, 5) is 48.7. The molecule has 2 rings (SSSR count). The van der Waals surface area contributed by atoms with E-state index in [9.17, 15) is 24.4 Å². The molecule has 0 aliphatic rings. The van der Waals surface area contributed by atoms with Gasteiger partial charge in [0.15, 0.2) is 5.76 Å². The van der Waals surface area contributed by atoms with E-state index in [0.717, 1.165) is 19.3 Å². The average molecular weight is 530 g/mol. The van der Waals surface area contributed by atoms with Gasteiger partial charge in [-0.3, -0.25) is 19.6 Å². The molecule has 2 atom stereocenters. The Balaban J connectivity index is 1.97. The summed E-state index contributed by atoms with van der Waals surface area (Å²) in [5.74, 6) is -1.43. The fourth-order valence-corrected chi connectivity index (χ4v) is 4.00. The summed E-state index contributed by atoms with van der Waals surface area (Å²) >= 11 is 0. The van der Waals surface area contributed by atoms with Crippen LogP contribution < -0.4 is 10.6 Å². The molecule has 3 N–H and O–H groups in total. The van der Waals surface area contributed by atoms with E-state index in [0.29, 0.717) is 41.2 Å². The Morgan fingerprint density at radius 1 is 1.05 bits per heavy atom. The van der Waals surface area contributed by atoms with Gasteiger partial charge in [0.25, 0.3) is 5.91 Å². The van der Waals surface area contributed by atoms with Crippen LogP contribution in [0.15, 0.2) is 40.8 Å². The van der Waals surface area contributed by atoms with Gasteiger partial charge in [-0.05, 0) is 57.9 Å². The number of hydrogen-bond donors (Lipinski definition) is 3. The molecule has 0 unspecified atom stereocenters. The number of hydrogen-bond acceptors (Lipinski definition) is 7. The van der Waals surface area contributed by atoms with Crippen LogP contribution >= 0.6 is 0 Å². The fourth-order valence-electron chi connectivity index (χ4n) is 4.00. The van der Waals surface area contributed by atoms with E-state index in [1.165, 1.54) is 6.07 Å². The Labute approximate surface area is 223 Å². The number of carbonyl (C=O) groups excluding carboxylic acids is 4. The van der Waals surface area contributed by atoms with Crippen LogP contribution in [0.3, 0.4) is 0 Å². The lowest BCUT2D eigenvalue weighted by Crippen LogP contribution is -2.47. The lowest BCUT2D eigenvalue weighted by atomic mass is 9.90. The molecule has 0 saturated carbocycles. The van der Waals surface area contributed by atoms with E-state index in [4.69, 9.17) is 9.15 Å². The molecule has 10 nitrogen and oxygen atoms in total. The van der Waals surface area contributed by atoms with Crippen LogP contribution in [0, 0.1) is 5.92 Å². The SMILES string of the molecule is CCCCC[C@@H](C(=O)NCNC(=O)c1ccc(-c2ccc(C(=O)OC(C)(C)C)cc2)o1)[C@@H](CC)N(O)C=O. The number of benzene rings is 1. The average Bonchev–Trinajstić information content (AvgIpc) is 3.37. The van der Waals surface area contributed by atoms with Crippen molar-refractivity contribution in [1.29, 1.82) is 0 Å². The first kappa shape index (κ1) is 30.6. The number of rotatable bonds is 14. The first-order valence-electron chi connectivity index (χ1n) is 12.9. The number of furan rings is 1. The maximum Gasteiger partial charge on any atom is 0.338 e. The maximum atomic E-state index is 12.8. The van der Waals surface area contributed by atoms with Crippen molar-refractivity contribution in [2.75, 3.05) is 6.67 Å². The second kappa shape index (κ2) is 14.3. The molecule has 0 spiro atoms. The van der Waals surface area contributed by atoms with Crippen LogP contribution in [0.1, 0.15) is 87.6 Å². The smallest absolute Gasteiger partial charge is 0.338 e. The standard InChI is InChI=1S/C28H39N3O7/c1-6-8-9-10-21(22(7-2)31(36)18-32)25(33)29-17-30-26(34)24-16-15-23(37-24)19-11-13-20(14-12-19)27(35)38-28(3,4)5/h11-16,18,21-22,36H,6-10,17H2,1-5H3,(H,29,33)(H,30,34)/t21-,22-/m1/s1. The molecule has 1 aromatic carbocycles. The molecule has 0 bridgehead atoms. The van der Waals surface area contributed by atoms with Gasteiger partial charge in [-0.25, -0.2) is 9.86 Å². The highest BCUT2D eigenvalue weighted by Crippen LogP contribution is 2.24. The second-order valence-corrected chi connectivity index (χ2v) is 10.0. The van der Waals surface area contributed by atoms with Gasteiger partial charge < -0.3 is 19.8 Å². The van der Waals surface area contributed by atoms with E-state index in [2.05, 4.69) is 10.6 Å². The molecule has 0 aliphatic carbocycles. The van der Waals surface area contributed by atoms with Crippen molar-refractivity contribution < 1.29 is 33.5 Å². The van der Waals surface area contributed by atoms with Crippen molar-refractivity contribution in [3.63, 3.8) is 0 Å².